The molecule has 1 aliphatic carbocycles. The Morgan fingerprint density at radius 2 is 2.33 bits per heavy atom. The number of hydrogen-bond donors (Lipinski definition) is 0. The molecule has 0 bridgehead atoms. The molecule has 0 spiro atoms. The Kier molecular flexibility index (Phi) is 1.83. The summed E-state index contributed by atoms with van der Waals surface area (Å²) in [5.41, 5.74) is 2.13. The summed E-state index contributed by atoms with van der Waals surface area (Å²) >= 11 is 0. The third-order valence-electron chi connectivity index (χ3n) is 1.90. The number of pyridine rings is 1. The second kappa shape index (κ2) is 2.98. The fraction of sp³-hybridized carbons (Fsp3) is 0.364. The van der Waals surface area contributed by atoms with Gasteiger partial charge in [-0.1, -0.05) is 5.92 Å². The van der Waals surface area contributed by atoms with Gasteiger partial charge in [-0.05, 0) is 43.4 Å². The van der Waals surface area contributed by atoms with Gasteiger partial charge in [-0.3, -0.25) is 0 Å². The van der Waals surface area contributed by atoms with Gasteiger partial charge in [-0.15, -0.1) is 0 Å². The van der Waals surface area contributed by atoms with Crippen molar-refractivity contribution in [3.05, 3.63) is 29.6 Å². The maximum atomic E-state index is 4.17. The van der Waals surface area contributed by atoms with Gasteiger partial charge >= 0.3 is 0 Å². The predicted molar refractivity (Wildman–Crippen MR) is 48.6 cm³/mol. The lowest BCUT2D eigenvalue weighted by atomic mass is 10.2. The van der Waals surface area contributed by atoms with E-state index in [0.717, 1.165) is 5.69 Å². The quantitative estimate of drug-likeness (QED) is 0.526. The van der Waals surface area contributed by atoms with Crippen LogP contribution in [0.4, 0.5) is 0 Å². The molecule has 1 nitrogen and oxygen atoms in total. The Hall–Kier alpha value is -1.29. The lowest BCUT2D eigenvalue weighted by Gasteiger charge is -1.90. The molecule has 2 rings (SSSR count). The molecule has 0 N–H and O–H groups in total. The monoisotopic (exact) mass is 157 g/mol. The predicted octanol–water partition coefficient (Wildman–Crippen LogP) is 2.15. The molecular weight excluding hydrogens is 146 g/mol. The summed E-state index contributed by atoms with van der Waals surface area (Å²) in [6.07, 6.45) is 4.36. The van der Waals surface area contributed by atoms with E-state index in [9.17, 15) is 0 Å². The molecule has 1 saturated carbocycles. The highest BCUT2D eigenvalue weighted by molar-refractivity contribution is 5.31. The van der Waals surface area contributed by atoms with E-state index >= 15 is 0 Å². The highest BCUT2D eigenvalue weighted by atomic mass is 14.6. The van der Waals surface area contributed by atoms with Crippen LogP contribution in [0.5, 0.6) is 0 Å². The zero-order chi connectivity index (χ0) is 8.39. The van der Waals surface area contributed by atoms with Crippen LogP contribution >= 0.6 is 0 Å². The fourth-order valence-corrected chi connectivity index (χ4v) is 1.01. The van der Waals surface area contributed by atoms with Gasteiger partial charge in [-0.25, -0.2) is 4.98 Å². The van der Waals surface area contributed by atoms with Gasteiger partial charge in [0.15, 0.2) is 0 Å². The van der Waals surface area contributed by atoms with Crippen LogP contribution in [0.15, 0.2) is 18.3 Å². The van der Waals surface area contributed by atoms with Crippen molar-refractivity contribution in [2.45, 2.75) is 19.8 Å². The molecule has 1 aliphatic rings. The Bertz CT molecular complexity index is 340. The lowest BCUT2D eigenvalue weighted by molar-refractivity contribution is 1.17. The second-order valence-corrected chi connectivity index (χ2v) is 3.26. The summed E-state index contributed by atoms with van der Waals surface area (Å²) in [5, 5.41) is 0. The van der Waals surface area contributed by atoms with Crippen LogP contribution in [0.25, 0.3) is 0 Å². The molecule has 1 heterocycles. The number of hydrogen-bond acceptors (Lipinski definition) is 1. The zero-order valence-electron chi connectivity index (χ0n) is 7.17. The summed E-state index contributed by atoms with van der Waals surface area (Å²) in [7, 11) is 0. The molecule has 1 aromatic heterocycles. The average Bonchev–Trinajstić information content (AvgIpc) is 2.84. The first kappa shape index (κ1) is 7.36. The Morgan fingerprint density at radius 3 is 3.00 bits per heavy atom. The van der Waals surface area contributed by atoms with Crippen molar-refractivity contribution in [1.29, 1.82) is 0 Å². The summed E-state index contributed by atoms with van der Waals surface area (Å²) in [5.74, 6) is 6.93. The topological polar surface area (TPSA) is 12.9 Å². The zero-order valence-corrected chi connectivity index (χ0v) is 7.17. The van der Waals surface area contributed by atoms with E-state index in [4.69, 9.17) is 0 Å². The average molecular weight is 157 g/mol. The Labute approximate surface area is 72.8 Å². The molecule has 0 unspecified atom stereocenters. The summed E-state index contributed by atoms with van der Waals surface area (Å²) < 4.78 is 0. The van der Waals surface area contributed by atoms with Crippen molar-refractivity contribution >= 4 is 0 Å². The molecule has 1 fully saturated rings. The highest BCUT2D eigenvalue weighted by Gasteiger charge is 2.17. The molecule has 0 saturated heterocycles. The van der Waals surface area contributed by atoms with Crippen molar-refractivity contribution in [1.82, 2.24) is 4.98 Å². The molecule has 60 valence electrons. The van der Waals surface area contributed by atoms with Gasteiger partial charge in [0.05, 0.1) is 0 Å². The summed E-state index contributed by atoms with van der Waals surface area (Å²) in [6.45, 7) is 2.06. The van der Waals surface area contributed by atoms with Crippen LogP contribution in [-0.2, 0) is 0 Å². The van der Waals surface area contributed by atoms with Crippen molar-refractivity contribution in [2.24, 2.45) is 5.92 Å². The first-order valence-electron chi connectivity index (χ1n) is 4.29. The summed E-state index contributed by atoms with van der Waals surface area (Å²) in [6, 6.07) is 4.01. The minimum atomic E-state index is 0.660. The van der Waals surface area contributed by atoms with E-state index in [2.05, 4.69) is 23.7 Å². The van der Waals surface area contributed by atoms with E-state index in [1.807, 2.05) is 18.3 Å². The lowest BCUT2D eigenvalue weighted by Crippen LogP contribution is -1.82. The van der Waals surface area contributed by atoms with E-state index in [1.165, 1.54) is 18.4 Å². The Balaban J connectivity index is 2.18. The van der Waals surface area contributed by atoms with Crippen molar-refractivity contribution in [3.8, 4) is 11.8 Å². The largest absolute Gasteiger partial charge is 0.248 e. The van der Waals surface area contributed by atoms with Crippen LogP contribution in [0, 0.1) is 24.7 Å². The highest BCUT2D eigenvalue weighted by Crippen LogP contribution is 2.27. The van der Waals surface area contributed by atoms with Gasteiger partial charge in [0.25, 0.3) is 0 Å². The van der Waals surface area contributed by atoms with Crippen LogP contribution in [-0.4, -0.2) is 4.98 Å². The van der Waals surface area contributed by atoms with E-state index in [-0.39, 0.29) is 0 Å². The Morgan fingerprint density at radius 1 is 1.50 bits per heavy atom. The third kappa shape index (κ3) is 1.85. The smallest absolute Gasteiger partial charge is 0.113 e. The van der Waals surface area contributed by atoms with Crippen LogP contribution in [0.3, 0.4) is 0 Å². The van der Waals surface area contributed by atoms with Crippen LogP contribution < -0.4 is 0 Å². The fourth-order valence-electron chi connectivity index (χ4n) is 1.01. The third-order valence-corrected chi connectivity index (χ3v) is 1.90. The molecule has 12 heavy (non-hydrogen) atoms. The molecule has 1 heteroatoms. The normalized spacial score (nSPS) is 15.1. The second-order valence-electron chi connectivity index (χ2n) is 3.26. The molecule has 0 atom stereocenters. The molecule has 0 radical (unpaired) electrons. The van der Waals surface area contributed by atoms with Crippen LogP contribution in [0.2, 0.25) is 0 Å². The molecular formula is C11H11N. The van der Waals surface area contributed by atoms with Crippen molar-refractivity contribution < 1.29 is 0 Å². The molecule has 0 aliphatic heterocycles. The molecule has 0 aromatic carbocycles. The number of nitrogens with zero attached hydrogens (tertiary/aromatic N) is 1. The minimum absolute atomic E-state index is 0.660. The van der Waals surface area contributed by atoms with Gasteiger partial charge < -0.3 is 0 Å². The van der Waals surface area contributed by atoms with Crippen LogP contribution in [0.1, 0.15) is 24.1 Å². The van der Waals surface area contributed by atoms with E-state index in [0.29, 0.717) is 5.92 Å². The SMILES string of the molecule is Cc1ccnc(C#CC2CC2)c1. The van der Waals surface area contributed by atoms with Crippen molar-refractivity contribution in [2.75, 3.05) is 0 Å². The van der Waals surface area contributed by atoms with Gasteiger partial charge in [0, 0.05) is 12.1 Å². The van der Waals surface area contributed by atoms with Gasteiger partial charge in [-0.2, -0.15) is 0 Å². The minimum Gasteiger partial charge on any atom is -0.248 e. The molecule has 1 aromatic rings. The molecule has 0 amide bonds. The van der Waals surface area contributed by atoms with E-state index < -0.39 is 0 Å². The van der Waals surface area contributed by atoms with Gasteiger partial charge in [0.1, 0.15) is 5.69 Å². The number of aryl methyl sites for hydroxylation is 1. The number of rotatable bonds is 0. The van der Waals surface area contributed by atoms with Gasteiger partial charge in [0.2, 0.25) is 0 Å². The first-order valence-corrected chi connectivity index (χ1v) is 4.29. The maximum absolute atomic E-state index is 4.17. The van der Waals surface area contributed by atoms with E-state index in [1.54, 1.807) is 0 Å². The number of aromatic nitrogens is 1. The van der Waals surface area contributed by atoms with Crippen molar-refractivity contribution in [3.63, 3.8) is 0 Å². The first-order chi connectivity index (χ1) is 5.84. The maximum Gasteiger partial charge on any atom is 0.113 e. The summed E-state index contributed by atoms with van der Waals surface area (Å²) in [4.78, 5) is 4.17. The standard InChI is InChI=1S/C11H11N/c1-9-6-7-12-11(8-9)5-4-10-2-3-10/h6-8,10H,2-3H2,1H3.